The number of pyridine rings is 2. The molecule has 4 aromatic rings. The first-order valence-corrected chi connectivity index (χ1v) is 12.1. The zero-order valence-electron chi connectivity index (χ0n) is 21.1. The van der Waals surface area contributed by atoms with Crippen molar-refractivity contribution in [1.29, 1.82) is 0 Å². The number of fused-ring (bicyclic) bond motifs is 1. The lowest BCUT2D eigenvalue weighted by Gasteiger charge is -2.01. The van der Waals surface area contributed by atoms with Crippen LogP contribution in [0.25, 0.3) is 28.0 Å². The SMILES string of the molecule is CCCCCC[n+]1ccc(-c2ccn3cc(-c4ccccc4)[n+](C)c3c2)cc1.F[B-](F)(F)F.F[B-](F)(F)F. The molecule has 0 saturated heterocycles. The minimum absolute atomic E-state index is 1.10. The molecule has 4 rings (SSSR count). The Morgan fingerprint density at radius 2 is 1.29 bits per heavy atom. The topological polar surface area (TPSA) is 12.2 Å². The molecule has 0 saturated carbocycles. The van der Waals surface area contributed by atoms with Gasteiger partial charge >= 0.3 is 14.5 Å². The summed E-state index contributed by atoms with van der Waals surface area (Å²) in [6.07, 6.45) is 14.0. The fourth-order valence-electron chi connectivity index (χ4n) is 3.80. The Bertz CT molecular complexity index is 1230. The number of rotatable bonds is 7. The third kappa shape index (κ3) is 11.4. The van der Waals surface area contributed by atoms with Crippen LogP contribution in [0.5, 0.6) is 0 Å². The van der Waals surface area contributed by atoms with Crippen molar-refractivity contribution in [3.05, 3.63) is 79.4 Å². The summed E-state index contributed by atoms with van der Waals surface area (Å²) in [6, 6.07) is 19.5. The van der Waals surface area contributed by atoms with E-state index in [9.17, 15) is 34.5 Å². The van der Waals surface area contributed by atoms with Crippen LogP contribution in [0.4, 0.5) is 34.5 Å². The van der Waals surface area contributed by atoms with Crippen LogP contribution in [0.2, 0.25) is 0 Å². The maximum Gasteiger partial charge on any atom is 0.673 e. The molecule has 0 fully saturated rings. The zero-order chi connectivity index (χ0) is 28.3. The average Bonchev–Trinajstić information content (AvgIpc) is 3.16. The van der Waals surface area contributed by atoms with Gasteiger partial charge in [-0.1, -0.05) is 50.1 Å². The smallest absolute Gasteiger partial charge is 0.418 e. The lowest BCUT2D eigenvalue weighted by atomic mass is 10.1. The Hall–Kier alpha value is -3.37. The Morgan fingerprint density at radius 1 is 0.711 bits per heavy atom. The van der Waals surface area contributed by atoms with Crippen molar-refractivity contribution in [2.75, 3.05) is 0 Å². The largest absolute Gasteiger partial charge is 0.673 e. The summed E-state index contributed by atoms with van der Waals surface area (Å²) in [7, 11) is -9.86. The van der Waals surface area contributed by atoms with Crippen molar-refractivity contribution < 1.29 is 43.7 Å². The third-order valence-electron chi connectivity index (χ3n) is 5.49. The summed E-state index contributed by atoms with van der Waals surface area (Å²) in [5, 5.41) is 0. The summed E-state index contributed by atoms with van der Waals surface area (Å²) in [4.78, 5) is 0. The highest BCUT2D eigenvalue weighted by molar-refractivity contribution is 6.50. The van der Waals surface area contributed by atoms with Crippen LogP contribution < -0.4 is 9.13 Å². The summed E-state index contributed by atoms with van der Waals surface area (Å²) in [5.74, 6) is 0. The Kier molecular flexibility index (Phi) is 11.3. The monoisotopic (exact) mass is 545 g/mol. The van der Waals surface area contributed by atoms with Gasteiger partial charge in [0.15, 0.2) is 18.1 Å². The fraction of sp³-hybridized carbons (Fsp3) is 0.280. The van der Waals surface area contributed by atoms with E-state index in [2.05, 4.69) is 107 Å². The van der Waals surface area contributed by atoms with E-state index in [0.29, 0.717) is 0 Å². The molecule has 0 atom stereocenters. The first-order chi connectivity index (χ1) is 17.8. The molecule has 0 unspecified atom stereocenters. The van der Waals surface area contributed by atoms with Crippen LogP contribution >= 0.6 is 0 Å². The van der Waals surface area contributed by atoms with E-state index in [1.807, 2.05) is 0 Å². The quantitative estimate of drug-likeness (QED) is 0.0984. The number of aryl methyl sites for hydroxylation is 2. The van der Waals surface area contributed by atoms with Crippen molar-refractivity contribution in [2.45, 2.75) is 39.2 Å². The van der Waals surface area contributed by atoms with Gasteiger partial charge in [-0.3, -0.25) is 0 Å². The molecule has 0 aliphatic heterocycles. The number of benzene rings is 1. The molecule has 0 N–H and O–H groups in total. The van der Waals surface area contributed by atoms with Crippen molar-refractivity contribution in [2.24, 2.45) is 7.05 Å². The predicted octanol–water partition coefficient (Wildman–Crippen LogP) is 7.57. The van der Waals surface area contributed by atoms with Crippen LogP contribution in [-0.2, 0) is 13.6 Å². The van der Waals surface area contributed by atoms with Crippen LogP contribution in [0.1, 0.15) is 32.6 Å². The fourth-order valence-corrected chi connectivity index (χ4v) is 3.80. The van der Waals surface area contributed by atoms with Crippen LogP contribution in [0.3, 0.4) is 0 Å². The van der Waals surface area contributed by atoms with E-state index in [4.69, 9.17) is 0 Å². The van der Waals surface area contributed by atoms with E-state index in [1.165, 1.54) is 53.7 Å². The van der Waals surface area contributed by atoms with E-state index >= 15 is 0 Å². The van der Waals surface area contributed by atoms with E-state index < -0.39 is 14.5 Å². The Morgan fingerprint density at radius 3 is 1.84 bits per heavy atom. The molecule has 3 nitrogen and oxygen atoms in total. The predicted molar refractivity (Wildman–Crippen MR) is 134 cm³/mol. The van der Waals surface area contributed by atoms with E-state index in [1.54, 1.807) is 0 Å². The van der Waals surface area contributed by atoms with Gasteiger partial charge in [0, 0.05) is 30.2 Å². The number of unbranched alkanes of at least 4 members (excludes halogenated alkanes) is 3. The molecule has 1 aromatic carbocycles. The summed E-state index contributed by atoms with van der Waals surface area (Å²) in [5.41, 5.74) is 6.15. The molecule has 0 spiro atoms. The van der Waals surface area contributed by atoms with Gasteiger partial charge in [0.25, 0.3) is 5.65 Å². The van der Waals surface area contributed by atoms with Gasteiger partial charge in [0.1, 0.15) is 12.7 Å². The number of aromatic nitrogens is 3. The molecular weight excluding hydrogens is 516 g/mol. The number of hydrogen-bond acceptors (Lipinski definition) is 0. The van der Waals surface area contributed by atoms with Gasteiger partial charge in [-0.15, -0.1) is 0 Å². The molecule has 3 aromatic heterocycles. The lowest BCUT2D eigenvalue weighted by Crippen LogP contribution is -2.32. The third-order valence-corrected chi connectivity index (χ3v) is 5.49. The van der Waals surface area contributed by atoms with Gasteiger partial charge in [-0.2, -0.15) is 0 Å². The maximum atomic E-state index is 9.75. The number of imidazole rings is 1. The first kappa shape index (κ1) is 30.9. The number of hydrogen-bond donors (Lipinski definition) is 0. The van der Waals surface area contributed by atoms with Crippen molar-refractivity contribution in [3.63, 3.8) is 0 Å². The van der Waals surface area contributed by atoms with E-state index in [-0.39, 0.29) is 0 Å². The molecule has 3 heterocycles. The molecule has 13 heteroatoms. The molecule has 0 radical (unpaired) electrons. The first-order valence-electron chi connectivity index (χ1n) is 12.1. The minimum atomic E-state index is -6.00. The molecule has 0 bridgehead atoms. The Labute approximate surface area is 216 Å². The lowest BCUT2D eigenvalue weighted by molar-refractivity contribution is -0.697. The Balaban J connectivity index is 0.000000435. The highest BCUT2D eigenvalue weighted by Crippen LogP contribution is 2.22. The van der Waals surface area contributed by atoms with Crippen LogP contribution in [0.15, 0.2) is 79.4 Å². The molecular formula is C25H29B2F8N3. The molecule has 0 amide bonds. The second-order valence-corrected chi connectivity index (χ2v) is 8.50. The molecule has 0 aliphatic rings. The summed E-state index contributed by atoms with van der Waals surface area (Å²) >= 11 is 0. The summed E-state index contributed by atoms with van der Waals surface area (Å²) in [6.45, 7) is 3.36. The van der Waals surface area contributed by atoms with Gasteiger partial charge in [-0.25, -0.2) is 13.5 Å². The molecule has 0 aliphatic carbocycles. The second-order valence-electron chi connectivity index (χ2n) is 8.50. The van der Waals surface area contributed by atoms with Gasteiger partial charge in [0.05, 0.1) is 13.2 Å². The van der Waals surface area contributed by atoms with Gasteiger partial charge in [-0.05, 0) is 23.6 Å². The highest BCUT2D eigenvalue weighted by Gasteiger charge is 2.21. The van der Waals surface area contributed by atoms with Crippen molar-refractivity contribution in [3.8, 4) is 22.4 Å². The van der Waals surface area contributed by atoms with Crippen molar-refractivity contribution in [1.82, 2.24) is 4.40 Å². The summed E-state index contributed by atoms with van der Waals surface area (Å²) < 4.78 is 84.8. The highest BCUT2D eigenvalue weighted by atomic mass is 19.5. The minimum Gasteiger partial charge on any atom is -0.418 e. The van der Waals surface area contributed by atoms with Gasteiger partial charge < -0.3 is 34.5 Å². The standard InChI is InChI=1S/C25H29N3.2BF4/c1-3-4-5-9-15-27-16-12-21(13-17-27)23-14-18-28-20-24(26(2)25(28)19-23)22-10-7-6-8-11-22;2*2-1(3,4)5/h6-8,10-14,16-20H,3-5,9,15H2,1-2H3;;/q+2;2*-1. The van der Waals surface area contributed by atoms with Gasteiger partial charge in [0.2, 0.25) is 0 Å². The number of nitrogens with zero attached hydrogens (tertiary/aromatic N) is 3. The van der Waals surface area contributed by atoms with E-state index in [0.717, 1.165) is 6.54 Å². The normalized spacial score (nSPS) is 11.4. The average molecular weight is 545 g/mol. The van der Waals surface area contributed by atoms with Crippen LogP contribution in [0, 0.1) is 0 Å². The second kappa shape index (κ2) is 14.0. The molecule has 206 valence electrons. The van der Waals surface area contributed by atoms with Crippen LogP contribution in [-0.4, -0.2) is 18.9 Å². The maximum absolute atomic E-state index is 9.75. The van der Waals surface area contributed by atoms with Crippen molar-refractivity contribution >= 4 is 20.2 Å². The number of halogens is 8. The zero-order valence-corrected chi connectivity index (χ0v) is 21.1. The molecule has 38 heavy (non-hydrogen) atoms.